The van der Waals surface area contributed by atoms with Crippen LogP contribution in [0.5, 0.6) is 17.2 Å². The number of aromatic amines is 1. The maximum atomic E-state index is 13.6. The number of ketones is 1. The number of nitrogens with zero attached hydrogens (tertiary/aromatic N) is 2. The van der Waals surface area contributed by atoms with Crippen molar-refractivity contribution in [1.29, 1.82) is 0 Å². The predicted molar refractivity (Wildman–Crippen MR) is 142 cm³/mol. The number of H-pyrrole nitrogens is 1. The number of aromatic nitrogens is 3. The van der Waals surface area contributed by atoms with Gasteiger partial charge in [-0.15, -0.1) is 0 Å². The highest BCUT2D eigenvalue weighted by atomic mass is 16.5. The Kier molecular flexibility index (Phi) is 5.92. The Balaban J connectivity index is 1.65. The standard InChI is InChI=1S/C29H29N3O4/c1-7-32-15-21(29-30-22-10-16(2)17(3)11-23(22)31-29)20-12-18(8-9-24(20)32)27(33)19-13-25(34-4)28(36-6)26(14-19)35-5/h8-15H,7H2,1-6H3,(H,30,31). The summed E-state index contributed by atoms with van der Waals surface area (Å²) in [6.45, 7) is 7.09. The third kappa shape index (κ3) is 3.77. The van der Waals surface area contributed by atoms with Gasteiger partial charge in [-0.3, -0.25) is 4.79 Å². The van der Waals surface area contributed by atoms with E-state index in [-0.39, 0.29) is 5.78 Å². The minimum absolute atomic E-state index is 0.137. The molecule has 0 amide bonds. The first kappa shape index (κ1) is 23.5. The van der Waals surface area contributed by atoms with Crippen LogP contribution in [0.1, 0.15) is 34.0 Å². The second kappa shape index (κ2) is 9.07. The average molecular weight is 484 g/mol. The lowest BCUT2D eigenvalue weighted by Crippen LogP contribution is -2.04. The number of benzene rings is 3. The van der Waals surface area contributed by atoms with Gasteiger partial charge in [-0.05, 0) is 74.4 Å². The Morgan fingerprint density at radius 1 is 0.917 bits per heavy atom. The second-order valence-corrected chi connectivity index (χ2v) is 8.84. The predicted octanol–water partition coefficient (Wildman–Crippen LogP) is 6.08. The van der Waals surface area contributed by atoms with E-state index in [0.29, 0.717) is 28.4 Å². The van der Waals surface area contributed by atoms with Gasteiger partial charge in [-0.2, -0.15) is 0 Å². The maximum Gasteiger partial charge on any atom is 0.203 e. The molecule has 0 aliphatic heterocycles. The number of fused-ring (bicyclic) bond motifs is 2. The largest absolute Gasteiger partial charge is 0.493 e. The topological polar surface area (TPSA) is 78.4 Å². The molecule has 5 aromatic rings. The highest BCUT2D eigenvalue weighted by Crippen LogP contribution is 2.39. The van der Waals surface area contributed by atoms with Gasteiger partial charge in [0.25, 0.3) is 0 Å². The molecule has 0 fully saturated rings. The molecule has 2 heterocycles. The van der Waals surface area contributed by atoms with Crippen LogP contribution >= 0.6 is 0 Å². The van der Waals surface area contributed by atoms with E-state index in [4.69, 9.17) is 19.2 Å². The Morgan fingerprint density at radius 2 is 1.61 bits per heavy atom. The maximum absolute atomic E-state index is 13.6. The molecule has 36 heavy (non-hydrogen) atoms. The van der Waals surface area contributed by atoms with Gasteiger partial charge < -0.3 is 23.8 Å². The summed E-state index contributed by atoms with van der Waals surface area (Å²) in [4.78, 5) is 21.9. The lowest BCUT2D eigenvalue weighted by Gasteiger charge is -2.14. The molecule has 0 atom stereocenters. The molecule has 0 radical (unpaired) electrons. The molecule has 0 aliphatic carbocycles. The van der Waals surface area contributed by atoms with Crippen LogP contribution in [0.4, 0.5) is 0 Å². The fraction of sp³-hybridized carbons (Fsp3) is 0.241. The van der Waals surface area contributed by atoms with E-state index in [9.17, 15) is 4.79 Å². The molecule has 0 bridgehead atoms. The zero-order valence-electron chi connectivity index (χ0n) is 21.4. The van der Waals surface area contributed by atoms with Crippen LogP contribution in [0.15, 0.2) is 48.7 Å². The van der Waals surface area contributed by atoms with Gasteiger partial charge in [0, 0.05) is 40.3 Å². The van der Waals surface area contributed by atoms with Crippen molar-refractivity contribution in [3.63, 3.8) is 0 Å². The van der Waals surface area contributed by atoms with Crippen LogP contribution in [0.25, 0.3) is 33.3 Å². The molecule has 7 heteroatoms. The van der Waals surface area contributed by atoms with Crippen LogP contribution in [0, 0.1) is 13.8 Å². The number of hydrogen-bond acceptors (Lipinski definition) is 5. The number of aryl methyl sites for hydroxylation is 3. The first-order chi connectivity index (χ1) is 17.4. The minimum atomic E-state index is -0.137. The average Bonchev–Trinajstić information content (AvgIpc) is 3.47. The summed E-state index contributed by atoms with van der Waals surface area (Å²) in [5.41, 5.74) is 7.36. The Hall–Kier alpha value is -4.26. The van der Waals surface area contributed by atoms with Crippen LogP contribution in [0.3, 0.4) is 0 Å². The monoisotopic (exact) mass is 483 g/mol. The third-order valence-electron chi connectivity index (χ3n) is 6.76. The molecule has 5 rings (SSSR count). The Morgan fingerprint density at radius 3 is 2.25 bits per heavy atom. The van der Waals surface area contributed by atoms with Crippen molar-refractivity contribution < 1.29 is 19.0 Å². The number of carbonyl (C=O) groups excluding carboxylic acids is 1. The first-order valence-electron chi connectivity index (χ1n) is 11.8. The normalized spacial score (nSPS) is 11.3. The molecule has 0 saturated heterocycles. The number of methoxy groups -OCH3 is 3. The summed E-state index contributed by atoms with van der Waals surface area (Å²) in [5.74, 6) is 1.97. The van der Waals surface area contributed by atoms with Crippen molar-refractivity contribution in [2.75, 3.05) is 21.3 Å². The molecule has 1 N–H and O–H groups in total. The number of ether oxygens (including phenoxy) is 3. The van der Waals surface area contributed by atoms with E-state index >= 15 is 0 Å². The lowest BCUT2D eigenvalue weighted by molar-refractivity contribution is 0.103. The summed E-state index contributed by atoms with van der Waals surface area (Å²) in [5, 5.41) is 0.961. The SMILES string of the molecule is CCn1cc(-c2nc3cc(C)c(C)cc3[nH]2)c2cc(C(=O)c3cc(OC)c(OC)c(OC)c3)ccc21. The molecule has 184 valence electrons. The van der Waals surface area contributed by atoms with Crippen LogP contribution in [0.2, 0.25) is 0 Å². The number of imidazole rings is 1. The van der Waals surface area contributed by atoms with E-state index in [1.165, 1.54) is 32.5 Å². The van der Waals surface area contributed by atoms with Crippen LogP contribution < -0.4 is 14.2 Å². The van der Waals surface area contributed by atoms with Gasteiger partial charge in [0.15, 0.2) is 17.3 Å². The second-order valence-electron chi connectivity index (χ2n) is 8.84. The number of nitrogens with one attached hydrogen (secondary N) is 1. The smallest absolute Gasteiger partial charge is 0.203 e. The van der Waals surface area contributed by atoms with Crippen molar-refractivity contribution in [2.24, 2.45) is 0 Å². The highest BCUT2D eigenvalue weighted by Gasteiger charge is 2.20. The molecule has 3 aromatic carbocycles. The van der Waals surface area contributed by atoms with Gasteiger partial charge in [-0.1, -0.05) is 0 Å². The van der Waals surface area contributed by atoms with Gasteiger partial charge in [0.05, 0.1) is 32.4 Å². The molecular formula is C29H29N3O4. The highest BCUT2D eigenvalue weighted by molar-refractivity contribution is 6.12. The van der Waals surface area contributed by atoms with E-state index in [1.54, 1.807) is 12.1 Å². The van der Waals surface area contributed by atoms with E-state index < -0.39 is 0 Å². The summed E-state index contributed by atoms with van der Waals surface area (Å²) >= 11 is 0. The van der Waals surface area contributed by atoms with Gasteiger partial charge >= 0.3 is 0 Å². The summed E-state index contributed by atoms with van der Waals surface area (Å²) < 4.78 is 18.5. The summed E-state index contributed by atoms with van der Waals surface area (Å²) in [6.07, 6.45) is 2.09. The van der Waals surface area contributed by atoms with Crippen molar-refractivity contribution in [1.82, 2.24) is 14.5 Å². The van der Waals surface area contributed by atoms with Crippen molar-refractivity contribution in [3.05, 3.63) is 70.9 Å². The van der Waals surface area contributed by atoms with Gasteiger partial charge in [0.1, 0.15) is 5.82 Å². The Bertz CT molecular complexity index is 1560. The van der Waals surface area contributed by atoms with Gasteiger partial charge in [-0.25, -0.2) is 4.98 Å². The lowest BCUT2D eigenvalue weighted by atomic mass is 10.00. The van der Waals surface area contributed by atoms with E-state index in [1.807, 2.05) is 18.2 Å². The molecule has 0 aliphatic rings. The number of rotatable bonds is 7. The first-order valence-corrected chi connectivity index (χ1v) is 11.8. The summed E-state index contributed by atoms with van der Waals surface area (Å²) in [7, 11) is 4.61. The third-order valence-corrected chi connectivity index (χ3v) is 6.76. The zero-order chi connectivity index (χ0) is 25.6. The fourth-order valence-electron chi connectivity index (χ4n) is 4.66. The van der Waals surface area contributed by atoms with E-state index in [2.05, 4.69) is 48.7 Å². The van der Waals surface area contributed by atoms with Crippen molar-refractivity contribution in [2.45, 2.75) is 27.3 Å². The van der Waals surface area contributed by atoms with Gasteiger partial charge in [0.2, 0.25) is 5.75 Å². The fourth-order valence-corrected chi connectivity index (χ4v) is 4.66. The molecule has 0 spiro atoms. The van der Waals surface area contributed by atoms with Crippen molar-refractivity contribution in [3.8, 4) is 28.6 Å². The minimum Gasteiger partial charge on any atom is -0.493 e. The molecule has 7 nitrogen and oxygen atoms in total. The van der Waals surface area contributed by atoms with Crippen molar-refractivity contribution >= 4 is 27.7 Å². The quantitative estimate of drug-likeness (QED) is 0.284. The molecular weight excluding hydrogens is 454 g/mol. The zero-order valence-corrected chi connectivity index (χ0v) is 21.4. The summed E-state index contributed by atoms with van der Waals surface area (Å²) in [6, 6.07) is 13.4. The van der Waals surface area contributed by atoms with E-state index in [0.717, 1.165) is 39.9 Å². The van der Waals surface area contributed by atoms with Crippen LogP contribution in [-0.2, 0) is 6.54 Å². The number of hydrogen-bond donors (Lipinski definition) is 1. The molecule has 0 saturated carbocycles. The van der Waals surface area contributed by atoms with Crippen LogP contribution in [-0.4, -0.2) is 41.6 Å². The Labute approximate surface area is 209 Å². The number of carbonyl (C=O) groups is 1. The molecule has 2 aromatic heterocycles. The molecule has 0 unspecified atom stereocenters.